The highest BCUT2D eigenvalue weighted by molar-refractivity contribution is 9.09. The highest BCUT2D eigenvalue weighted by atomic mass is 79.9. The fraction of sp³-hybridized carbons (Fsp3) is 1.00. The van der Waals surface area contributed by atoms with E-state index < -0.39 is 10.0 Å². The van der Waals surface area contributed by atoms with Crippen LogP contribution in [-0.2, 0) is 10.0 Å². The third kappa shape index (κ3) is 3.28. The molecule has 3 nitrogen and oxygen atoms in total. The van der Waals surface area contributed by atoms with Crippen molar-refractivity contribution in [1.29, 1.82) is 0 Å². The second kappa shape index (κ2) is 6.23. The molecule has 5 heteroatoms. The minimum Gasteiger partial charge on any atom is -0.212 e. The number of rotatable bonds is 3. The van der Waals surface area contributed by atoms with Gasteiger partial charge in [-0.3, -0.25) is 0 Å². The minimum atomic E-state index is -3.02. The van der Waals surface area contributed by atoms with Crippen LogP contribution in [0.3, 0.4) is 0 Å². The van der Waals surface area contributed by atoms with Crippen molar-refractivity contribution in [2.75, 3.05) is 13.1 Å². The predicted molar refractivity (Wildman–Crippen MR) is 78.5 cm³/mol. The van der Waals surface area contributed by atoms with E-state index in [-0.39, 0.29) is 5.25 Å². The number of hydrogen-bond acceptors (Lipinski definition) is 2. The van der Waals surface area contributed by atoms with Gasteiger partial charge >= 0.3 is 0 Å². The van der Waals surface area contributed by atoms with Gasteiger partial charge in [0.2, 0.25) is 10.0 Å². The Hall–Kier alpha value is 0.390. The summed E-state index contributed by atoms with van der Waals surface area (Å²) < 4.78 is 26.8. The molecule has 2 rings (SSSR count). The molecule has 2 aliphatic rings. The maximum atomic E-state index is 12.5. The van der Waals surface area contributed by atoms with E-state index in [0.717, 1.165) is 51.6 Å². The lowest BCUT2D eigenvalue weighted by atomic mass is 9.96. The Labute approximate surface area is 119 Å². The molecule has 0 N–H and O–H groups in total. The lowest BCUT2D eigenvalue weighted by Crippen LogP contribution is -2.44. The molecular formula is C13H24BrNO2S. The van der Waals surface area contributed by atoms with E-state index in [2.05, 4.69) is 22.9 Å². The Balaban J connectivity index is 1.95. The summed E-state index contributed by atoms with van der Waals surface area (Å²) in [5, 5.41) is -0.0933. The first-order valence-corrected chi connectivity index (χ1v) is 9.56. The Morgan fingerprint density at radius 2 is 1.61 bits per heavy atom. The van der Waals surface area contributed by atoms with Crippen molar-refractivity contribution in [3.63, 3.8) is 0 Å². The molecule has 18 heavy (non-hydrogen) atoms. The molecule has 1 aliphatic heterocycles. The van der Waals surface area contributed by atoms with E-state index in [1.807, 2.05) is 0 Å². The molecule has 1 heterocycles. The lowest BCUT2D eigenvalue weighted by Gasteiger charge is -2.35. The van der Waals surface area contributed by atoms with Crippen molar-refractivity contribution < 1.29 is 8.42 Å². The van der Waals surface area contributed by atoms with Crippen LogP contribution in [0.5, 0.6) is 0 Å². The Kier molecular flexibility index (Phi) is 5.12. The monoisotopic (exact) mass is 337 g/mol. The van der Waals surface area contributed by atoms with Crippen LogP contribution in [0, 0.1) is 5.92 Å². The number of sulfonamides is 1. The van der Waals surface area contributed by atoms with Crippen molar-refractivity contribution in [2.24, 2.45) is 5.92 Å². The molecule has 0 spiro atoms. The molecule has 0 radical (unpaired) electrons. The standard InChI is InChI=1S/C13H24BrNO2S/c1-11(14)12-7-9-15(10-8-12)18(16,17)13-5-3-2-4-6-13/h11-13H,2-10H2,1H3. The van der Waals surface area contributed by atoms with Crippen LogP contribution in [-0.4, -0.2) is 35.9 Å². The van der Waals surface area contributed by atoms with Gasteiger partial charge in [0, 0.05) is 17.9 Å². The molecule has 1 unspecified atom stereocenters. The molecule has 0 amide bonds. The Morgan fingerprint density at radius 1 is 1.06 bits per heavy atom. The van der Waals surface area contributed by atoms with Crippen molar-refractivity contribution in [3.05, 3.63) is 0 Å². The number of piperidine rings is 1. The zero-order valence-corrected chi connectivity index (χ0v) is 13.5. The summed E-state index contributed by atoms with van der Waals surface area (Å²) in [5.41, 5.74) is 0. The quantitative estimate of drug-likeness (QED) is 0.742. The van der Waals surface area contributed by atoms with Gasteiger partial charge in [0.15, 0.2) is 0 Å². The largest absolute Gasteiger partial charge is 0.216 e. The van der Waals surface area contributed by atoms with Crippen LogP contribution in [0.2, 0.25) is 0 Å². The van der Waals surface area contributed by atoms with E-state index in [1.165, 1.54) is 6.42 Å². The second-order valence-corrected chi connectivity index (χ2v) is 9.38. The summed E-state index contributed by atoms with van der Waals surface area (Å²) in [7, 11) is -3.02. The highest BCUT2D eigenvalue weighted by Crippen LogP contribution is 2.31. The zero-order valence-electron chi connectivity index (χ0n) is 11.1. The van der Waals surface area contributed by atoms with Crippen LogP contribution < -0.4 is 0 Å². The summed E-state index contributed by atoms with van der Waals surface area (Å²) in [4.78, 5) is 0.497. The molecule has 1 saturated heterocycles. The van der Waals surface area contributed by atoms with Crippen molar-refractivity contribution in [1.82, 2.24) is 4.31 Å². The molecule has 2 fully saturated rings. The number of nitrogens with zero attached hydrogens (tertiary/aromatic N) is 1. The zero-order chi connectivity index (χ0) is 13.2. The predicted octanol–water partition coefficient (Wildman–Crippen LogP) is 3.14. The smallest absolute Gasteiger partial charge is 0.212 e. The summed E-state index contributed by atoms with van der Waals surface area (Å²) in [5.74, 6) is 0.628. The average Bonchev–Trinajstić information content (AvgIpc) is 2.40. The normalized spacial score (nSPS) is 27.2. The molecule has 1 aliphatic carbocycles. The molecule has 0 aromatic carbocycles. The minimum absolute atomic E-state index is 0.0933. The maximum Gasteiger partial charge on any atom is 0.216 e. The molecule has 0 bridgehead atoms. The van der Waals surface area contributed by atoms with Crippen LogP contribution in [0.1, 0.15) is 51.9 Å². The lowest BCUT2D eigenvalue weighted by molar-refractivity contribution is 0.270. The van der Waals surface area contributed by atoms with Gasteiger partial charge in [0.1, 0.15) is 0 Å². The average molecular weight is 338 g/mol. The van der Waals surface area contributed by atoms with Crippen LogP contribution in [0.25, 0.3) is 0 Å². The van der Waals surface area contributed by atoms with Crippen LogP contribution >= 0.6 is 15.9 Å². The van der Waals surface area contributed by atoms with Gasteiger partial charge in [0.25, 0.3) is 0 Å². The van der Waals surface area contributed by atoms with Gasteiger partial charge in [-0.2, -0.15) is 0 Å². The topological polar surface area (TPSA) is 37.4 Å². The van der Waals surface area contributed by atoms with Gasteiger partial charge in [-0.25, -0.2) is 12.7 Å². The van der Waals surface area contributed by atoms with Gasteiger partial charge in [-0.15, -0.1) is 0 Å². The van der Waals surface area contributed by atoms with Gasteiger partial charge in [0.05, 0.1) is 5.25 Å². The van der Waals surface area contributed by atoms with Crippen molar-refractivity contribution >= 4 is 26.0 Å². The van der Waals surface area contributed by atoms with E-state index >= 15 is 0 Å². The molecule has 1 saturated carbocycles. The number of alkyl halides is 1. The molecular weight excluding hydrogens is 314 g/mol. The highest BCUT2D eigenvalue weighted by Gasteiger charge is 2.35. The van der Waals surface area contributed by atoms with Crippen molar-refractivity contribution in [2.45, 2.75) is 61.9 Å². The van der Waals surface area contributed by atoms with Crippen LogP contribution in [0.4, 0.5) is 0 Å². The fourth-order valence-corrected chi connectivity index (χ4v) is 5.76. The Bertz CT molecular complexity index is 355. The fourth-order valence-electron chi connectivity index (χ4n) is 3.16. The molecule has 0 aromatic rings. The number of halogens is 1. The van der Waals surface area contributed by atoms with Crippen molar-refractivity contribution in [3.8, 4) is 0 Å². The summed E-state index contributed by atoms with van der Waals surface area (Å²) in [6.45, 7) is 3.61. The molecule has 1 atom stereocenters. The van der Waals surface area contributed by atoms with E-state index in [4.69, 9.17) is 0 Å². The van der Waals surface area contributed by atoms with Gasteiger partial charge in [-0.05, 0) is 31.6 Å². The van der Waals surface area contributed by atoms with Crippen LogP contribution in [0.15, 0.2) is 0 Å². The summed E-state index contributed by atoms with van der Waals surface area (Å²) in [6.07, 6.45) is 7.11. The first kappa shape index (κ1) is 14.8. The molecule has 106 valence electrons. The third-order valence-corrected chi connectivity index (χ3v) is 7.63. The SMILES string of the molecule is CC(Br)C1CCN(S(=O)(=O)C2CCCCC2)CC1. The number of hydrogen-bond donors (Lipinski definition) is 0. The summed E-state index contributed by atoms with van der Waals surface area (Å²) in [6, 6.07) is 0. The Morgan fingerprint density at radius 3 is 2.11 bits per heavy atom. The first-order chi connectivity index (χ1) is 8.51. The maximum absolute atomic E-state index is 12.5. The second-order valence-electron chi connectivity index (χ2n) is 5.72. The first-order valence-electron chi connectivity index (χ1n) is 7.15. The van der Waals surface area contributed by atoms with E-state index in [1.54, 1.807) is 4.31 Å². The van der Waals surface area contributed by atoms with E-state index in [9.17, 15) is 8.42 Å². The third-order valence-electron chi connectivity index (χ3n) is 4.48. The van der Waals surface area contributed by atoms with E-state index in [0.29, 0.717) is 10.7 Å². The van der Waals surface area contributed by atoms with Gasteiger partial charge < -0.3 is 0 Å². The summed E-state index contributed by atoms with van der Waals surface area (Å²) >= 11 is 3.61. The van der Waals surface area contributed by atoms with Gasteiger partial charge in [-0.1, -0.05) is 42.1 Å². The molecule has 0 aromatic heterocycles.